The molecule has 0 aromatic heterocycles. The van der Waals surface area contributed by atoms with E-state index in [-0.39, 0.29) is 11.7 Å². The SMILES string of the molecule is COc1ccc(Br)cc1/C=C/C(=O)Nc1cccc(C(C)=O)c1. The van der Waals surface area contributed by atoms with E-state index in [2.05, 4.69) is 21.2 Å². The lowest BCUT2D eigenvalue weighted by Gasteiger charge is -2.06. The maximum atomic E-state index is 12.0. The zero-order valence-corrected chi connectivity index (χ0v) is 14.4. The van der Waals surface area contributed by atoms with Gasteiger partial charge in [0.1, 0.15) is 5.75 Å². The molecule has 2 aromatic carbocycles. The number of ketones is 1. The number of methoxy groups -OCH3 is 1. The molecular weight excluding hydrogens is 358 g/mol. The predicted octanol–water partition coefficient (Wildman–Crippen LogP) is 4.31. The molecule has 118 valence electrons. The third kappa shape index (κ3) is 4.79. The van der Waals surface area contributed by atoms with Crippen molar-refractivity contribution < 1.29 is 14.3 Å². The van der Waals surface area contributed by atoms with Crippen LogP contribution >= 0.6 is 15.9 Å². The van der Waals surface area contributed by atoms with E-state index in [1.165, 1.54) is 13.0 Å². The van der Waals surface area contributed by atoms with Crippen LogP contribution in [0.15, 0.2) is 53.0 Å². The summed E-state index contributed by atoms with van der Waals surface area (Å²) in [5, 5.41) is 2.73. The highest BCUT2D eigenvalue weighted by molar-refractivity contribution is 9.10. The molecule has 0 heterocycles. The highest BCUT2D eigenvalue weighted by Crippen LogP contribution is 2.24. The normalized spacial score (nSPS) is 10.6. The van der Waals surface area contributed by atoms with Crippen molar-refractivity contribution in [1.82, 2.24) is 0 Å². The zero-order valence-electron chi connectivity index (χ0n) is 12.8. The van der Waals surface area contributed by atoms with Gasteiger partial charge in [-0.2, -0.15) is 0 Å². The van der Waals surface area contributed by atoms with E-state index in [0.29, 0.717) is 17.0 Å². The van der Waals surface area contributed by atoms with Crippen molar-refractivity contribution >= 4 is 39.4 Å². The number of nitrogens with one attached hydrogen (secondary N) is 1. The van der Waals surface area contributed by atoms with Gasteiger partial charge in [0.25, 0.3) is 0 Å². The summed E-state index contributed by atoms with van der Waals surface area (Å²) in [6.07, 6.45) is 3.10. The Morgan fingerprint density at radius 3 is 2.65 bits per heavy atom. The second-order valence-corrected chi connectivity index (χ2v) is 5.76. The molecule has 1 N–H and O–H groups in total. The zero-order chi connectivity index (χ0) is 16.8. The molecule has 5 heteroatoms. The number of carbonyl (C=O) groups excluding carboxylic acids is 2. The number of hydrogen-bond acceptors (Lipinski definition) is 3. The van der Waals surface area contributed by atoms with E-state index in [0.717, 1.165) is 10.0 Å². The van der Waals surface area contributed by atoms with Crippen molar-refractivity contribution in [3.8, 4) is 5.75 Å². The number of benzene rings is 2. The molecule has 0 atom stereocenters. The first kappa shape index (κ1) is 17.0. The highest BCUT2D eigenvalue weighted by Gasteiger charge is 2.04. The van der Waals surface area contributed by atoms with Crippen molar-refractivity contribution in [2.24, 2.45) is 0 Å². The van der Waals surface area contributed by atoms with E-state index < -0.39 is 0 Å². The average Bonchev–Trinajstić information content (AvgIpc) is 2.53. The molecule has 0 aliphatic rings. The first-order valence-corrected chi connectivity index (χ1v) is 7.72. The van der Waals surface area contributed by atoms with E-state index >= 15 is 0 Å². The summed E-state index contributed by atoms with van der Waals surface area (Å²) in [7, 11) is 1.58. The van der Waals surface area contributed by atoms with Crippen LogP contribution in [-0.2, 0) is 4.79 Å². The molecule has 4 nitrogen and oxygen atoms in total. The van der Waals surface area contributed by atoms with Crippen LogP contribution in [0, 0.1) is 0 Å². The van der Waals surface area contributed by atoms with Gasteiger partial charge in [0.05, 0.1) is 7.11 Å². The number of hydrogen-bond donors (Lipinski definition) is 1. The third-order valence-corrected chi connectivity index (χ3v) is 3.64. The Labute approximate surface area is 143 Å². The Morgan fingerprint density at radius 2 is 1.96 bits per heavy atom. The summed E-state index contributed by atoms with van der Waals surface area (Å²) in [5.41, 5.74) is 1.92. The van der Waals surface area contributed by atoms with Gasteiger partial charge >= 0.3 is 0 Å². The summed E-state index contributed by atoms with van der Waals surface area (Å²) in [6, 6.07) is 12.4. The van der Waals surface area contributed by atoms with Crippen molar-refractivity contribution in [3.05, 3.63) is 64.1 Å². The van der Waals surface area contributed by atoms with Gasteiger partial charge in [0.15, 0.2) is 5.78 Å². The Morgan fingerprint density at radius 1 is 1.17 bits per heavy atom. The Kier molecular flexibility index (Phi) is 5.71. The number of anilines is 1. The lowest BCUT2D eigenvalue weighted by molar-refractivity contribution is -0.111. The van der Waals surface area contributed by atoms with Gasteiger partial charge in [-0.25, -0.2) is 0 Å². The van der Waals surface area contributed by atoms with Crippen LogP contribution in [0.4, 0.5) is 5.69 Å². The molecule has 0 saturated heterocycles. The molecule has 2 rings (SSSR count). The molecule has 0 aliphatic heterocycles. The largest absolute Gasteiger partial charge is 0.496 e. The molecule has 0 unspecified atom stereocenters. The van der Waals surface area contributed by atoms with Crippen molar-refractivity contribution in [1.29, 1.82) is 0 Å². The molecule has 0 saturated carbocycles. The van der Waals surface area contributed by atoms with E-state index in [9.17, 15) is 9.59 Å². The molecule has 0 radical (unpaired) electrons. The lowest BCUT2D eigenvalue weighted by Crippen LogP contribution is -2.08. The first-order valence-electron chi connectivity index (χ1n) is 6.93. The summed E-state index contributed by atoms with van der Waals surface area (Å²) >= 11 is 3.39. The minimum atomic E-state index is -0.285. The molecule has 0 spiro atoms. The lowest BCUT2D eigenvalue weighted by atomic mass is 10.1. The standard InChI is InChI=1S/C18H16BrNO3/c1-12(21)13-4-3-5-16(11-13)20-18(22)9-6-14-10-15(19)7-8-17(14)23-2/h3-11H,1-2H3,(H,20,22)/b9-6+. The molecule has 2 aromatic rings. The van der Waals surface area contributed by atoms with Gasteiger partial charge in [0, 0.05) is 27.4 Å². The maximum Gasteiger partial charge on any atom is 0.248 e. The van der Waals surface area contributed by atoms with Crippen LogP contribution in [0.2, 0.25) is 0 Å². The maximum absolute atomic E-state index is 12.0. The number of carbonyl (C=O) groups is 2. The van der Waals surface area contributed by atoms with Gasteiger partial charge in [0.2, 0.25) is 5.91 Å². The van der Waals surface area contributed by atoms with Gasteiger partial charge in [-0.1, -0.05) is 28.1 Å². The molecular formula is C18H16BrNO3. The second kappa shape index (κ2) is 7.74. The number of rotatable bonds is 5. The van der Waals surface area contributed by atoms with Crippen molar-refractivity contribution in [2.45, 2.75) is 6.92 Å². The average molecular weight is 374 g/mol. The predicted molar refractivity (Wildman–Crippen MR) is 94.8 cm³/mol. The smallest absolute Gasteiger partial charge is 0.248 e. The van der Waals surface area contributed by atoms with E-state index in [4.69, 9.17) is 4.74 Å². The summed E-state index contributed by atoms with van der Waals surface area (Å²) in [4.78, 5) is 23.4. The molecule has 0 bridgehead atoms. The number of halogens is 1. The Balaban J connectivity index is 2.12. The first-order chi connectivity index (χ1) is 11.0. The van der Waals surface area contributed by atoms with Crippen molar-refractivity contribution in [3.63, 3.8) is 0 Å². The van der Waals surface area contributed by atoms with E-state index in [1.807, 2.05) is 18.2 Å². The molecule has 23 heavy (non-hydrogen) atoms. The molecule has 1 amide bonds. The van der Waals surface area contributed by atoms with Gasteiger partial charge in [-0.15, -0.1) is 0 Å². The fourth-order valence-corrected chi connectivity index (χ4v) is 2.38. The van der Waals surface area contributed by atoms with E-state index in [1.54, 1.807) is 37.5 Å². The van der Waals surface area contributed by atoms with Crippen LogP contribution in [-0.4, -0.2) is 18.8 Å². The summed E-state index contributed by atoms with van der Waals surface area (Å²) in [5.74, 6) is 0.346. The number of Topliss-reactive ketones (excluding diaryl/α,β-unsaturated/α-hetero) is 1. The minimum absolute atomic E-state index is 0.0458. The quantitative estimate of drug-likeness (QED) is 0.627. The Hall–Kier alpha value is -2.40. The number of ether oxygens (including phenoxy) is 1. The van der Waals surface area contributed by atoms with Crippen molar-refractivity contribution in [2.75, 3.05) is 12.4 Å². The fourth-order valence-electron chi connectivity index (χ4n) is 2.00. The summed E-state index contributed by atoms with van der Waals surface area (Å²) in [6.45, 7) is 1.49. The molecule has 0 fully saturated rings. The molecule has 0 aliphatic carbocycles. The van der Waals surface area contributed by atoms with Gasteiger partial charge in [-0.3, -0.25) is 9.59 Å². The topological polar surface area (TPSA) is 55.4 Å². The van der Waals surface area contributed by atoms with Crippen LogP contribution in [0.5, 0.6) is 5.75 Å². The fraction of sp³-hybridized carbons (Fsp3) is 0.111. The summed E-state index contributed by atoms with van der Waals surface area (Å²) < 4.78 is 6.15. The van der Waals surface area contributed by atoms with Crippen LogP contribution in [0.3, 0.4) is 0 Å². The van der Waals surface area contributed by atoms with Crippen LogP contribution < -0.4 is 10.1 Å². The van der Waals surface area contributed by atoms with Gasteiger partial charge < -0.3 is 10.1 Å². The second-order valence-electron chi connectivity index (χ2n) is 4.85. The minimum Gasteiger partial charge on any atom is -0.496 e. The number of amides is 1. The monoisotopic (exact) mass is 373 g/mol. The van der Waals surface area contributed by atoms with Gasteiger partial charge in [-0.05, 0) is 43.3 Å². The van der Waals surface area contributed by atoms with Crippen LogP contribution in [0.1, 0.15) is 22.8 Å². The highest BCUT2D eigenvalue weighted by atomic mass is 79.9. The Bertz CT molecular complexity index is 769. The van der Waals surface area contributed by atoms with Crippen LogP contribution in [0.25, 0.3) is 6.08 Å². The third-order valence-electron chi connectivity index (χ3n) is 3.14.